The molecule has 1 N–H and O–H groups in total. The Morgan fingerprint density at radius 1 is 1.13 bits per heavy atom. The standard InChI is InChI=1S/C21H23F3N2O4/c1-28-16-6-3-5-14(11-16)17-7-4-10-26(17)20(27)25-15-8-9-18(29-2)19(12-15)30-13-21(22,23)24/h3,5-6,8-9,11-12,17H,4,7,10,13H2,1-2H3,(H,25,27). The van der Waals surface area contributed by atoms with Gasteiger partial charge < -0.3 is 24.4 Å². The van der Waals surface area contributed by atoms with Crippen molar-refractivity contribution in [2.75, 3.05) is 32.7 Å². The molecule has 1 saturated heterocycles. The fourth-order valence-corrected chi connectivity index (χ4v) is 3.43. The topological polar surface area (TPSA) is 60.0 Å². The van der Waals surface area contributed by atoms with Crippen molar-refractivity contribution in [1.82, 2.24) is 4.90 Å². The maximum Gasteiger partial charge on any atom is 0.422 e. The van der Waals surface area contributed by atoms with Gasteiger partial charge in [-0.1, -0.05) is 12.1 Å². The van der Waals surface area contributed by atoms with E-state index in [1.807, 2.05) is 24.3 Å². The number of hydrogen-bond donors (Lipinski definition) is 1. The molecule has 1 fully saturated rings. The summed E-state index contributed by atoms with van der Waals surface area (Å²) < 4.78 is 52.6. The largest absolute Gasteiger partial charge is 0.497 e. The second-order valence-corrected chi connectivity index (χ2v) is 6.83. The van der Waals surface area contributed by atoms with Gasteiger partial charge >= 0.3 is 12.2 Å². The van der Waals surface area contributed by atoms with Crippen LogP contribution in [-0.4, -0.2) is 44.5 Å². The summed E-state index contributed by atoms with van der Waals surface area (Å²) in [7, 11) is 2.91. The summed E-state index contributed by atoms with van der Waals surface area (Å²) in [6, 6.07) is 11.4. The van der Waals surface area contributed by atoms with Gasteiger partial charge in [0.05, 0.1) is 20.3 Å². The number of carbonyl (C=O) groups excluding carboxylic acids is 1. The fourth-order valence-electron chi connectivity index (χ4n) is 3.43. The van der Waals surface area contributed by atoms with E-state index in [0.29, 0.717) is 18.0 Å². The number of ether oxygens (including phenoxy) is 3. The van der Waals surface area contributed by atoms with Crippen LogP contribution in [0.3, 0.4) is 0 Å². The molecule has 0 saturated carbocycles. The van der Waals surface area contributed by atoms with Gasteiger partial charge in [0.1, 0.15) is 5.75 Å². The van der Waals surface area contributed by atoms with Gasteiger partial charge in [-0.15, -0.1) is 0 Å². The lowest BCUT2D eigenvalue weighted by atomic mass is 10.0. The molecule has 9 heteroatoms. The molecule has 162 valence electrons. The SMILES string of the molecule is COc1cccc(C2CCCN2C(=O)Nc2ccc(OC)c(OCC(F)(F)F)c2)c1. The quantitative estimate of drug-likeness (QED) is 0.708. The minimum atomic E-state index is -4.48. The van der Waals surface area contributed by atoms with Crippen LogP contribution in [0.1, 0.15) is 24.4 Å². The van der Waals surface area contributed by atoms with E-state index >= 15 is 0 Å². The Hall–Kier alpha value is -3.10. The van der Waals surface area contributed by atoms with Gasteiger partial charge in [-0.25, -0.2) is 4.79 Å². The lowest BCUT2D eigenvalue weighted by Gasteiger charge is -2.26. The summed E-state index contributed by atoms with van der Waals surface area (Å²) in [6.45, 7) is -0.883. The van der Waals surface area contributed by atoms with Crippen molar-refractivity contribution in [2.45, 2.75) is 25.1 Å². The number of halogens is 3. The summed E-state index contributed by atoms with van der Waals surface area (Å²) in [6.07, 6.45) is -2.83. The highest BCUT2D eigenvalue weighted by Crippen LogP contribution is 2.35. The van der Waals surface area contributed by atoms with Gasteiger partial charge in [0.15, 0.2) is 18.1 Å². The van der Waals surface area contributed by atoms with E-state index < -0.39 is 12.8 Å². The van der Waals surface area contributed by atoms with Crippen LogP contribution in [0.25, 0.3) is 0 Å². The molecule has 3 rings (SSSR count). The third kappa shape index (κ3) is 5.28. The number of anilines is 1. The number of nitrogens with zero attached hydrogens (tertiary/aromatic N) is 1. The van der Waals surface area contributed by atoms with E-state index in [1.54, 1.807) is 18.1 Å². The third-order valence-corrected chi connectivity index (χ3v) is 4.80. The molecule has 1 unspecified atom stereocenters. The molecule has 6 nitrogen and oxygen atoms in total. The van der Waals surface area contributed by atoms with E-state index in [0.717, 1.165) is 18.4 Å². The number of methoxy groups -OCH3 is 2. The van der Waals surface area contributed by atoms with Crippen LogP contribution in [0.4, 0.5) is 23.7 Å². The maximum absolute atomic E-state index is 12.9. The molecule has 0 aromatic heterocycles. The number of carbonyl (C=O) groups is 1. The summed E-state index contributed by atoms with van der Waals surface area (Å²) in [5, 5.41) is 2.74. The highest BCUT2D eigenvalue weighted by Gasteiger charge is 2.31. The molecule has 1 atom stereocenters. The van der Waals surface area contributed by atoms with Gasteiger partial charge in [-0.3, -0.25) is 0 Å². The van der Waals surface area contributed by atoms with Crippen LogP contribution in [0.5, 0.6) is 17.2 Å². The second-order valence-electron chi connectivity index (χ2n) is 6.83. The molecule has 2 aromatic rings. The van der Waals surface area contributed by atoms with Crippen LogP contribution in [0, 0.1) is 0 Å². The van der Waals surface area contributed by atoms with Crippen LogP contribution in [0.2, 0.25) is 0 Å². The Bertz CT molecular complexity index is 889. The Kier molecular flexibility index (Phi) is 6.59. The van der Waals surface area contributed by atoms with Crippen molar-refractivity contribution in [3.05, 3.63) is 48.0 Å². The molecule has 2 amide bonds. The number of amides is 2. The number of hydrogen-bond acceptors (Lipinski definition) is 4. The van der Waals surface area contributed by atoms with Crippen molar-refractivity contribution in [3.63, 3.8) is 0 Å². The Morgan fingerprint density at radius 2 is 1.93 bits per heavy atom. The van der Waals surface area contributed by atoms with E-state index in [2.05, 4.69) is 5.32 Å². The molecule has 0 bridgehead atoms. The number of likely N-dealkylation sites (tertiary alicyclic amines) is 1. The maximum atomic E-state index is 12.9. The summed E-state index contributed by atoms with van der Waals surface area (Å²) >= 11 is 0. The molecule has 1 heterocycles. The number of alkyl halides is 3. The van der Waals surface area contributed by atoms with Crippen molar-refractivity contribution in [2.24, 2.45) is 0 Å². The predicted octanol–water partition coefficient (Wildman–Crippen LogP) is 5.01. The first kappa shape index (κ1) is 21.6. The van der Waals surface area contributed by atoms with Gasteiger partial charge in [0.25, 0.3) is 0 Å². The summed E-state index contributed by atoms with van der Waals surface area (Å²) in [5.74, 6) is 0.757. The van der Waals surface area contributed by atoms with Crippen molar-refractivity contribution in [3.8, 4) is 17.2 Å². The molecular weight excluding hydrogens is 401 g/mol. The average Bonchev–Trinajstić information content (AvgIpc) is 3.22. The lowest BCUT2D eigenvalue weighted by Crippen LogP contribution is -2.34. The number of rotatable bonds is 6. The van der Waals surface area contributed by atoms with Crippen molar-refractivity contribution in [1.29, 1.82) is 0 Å². The van der Waals surface area contributed by atoms with Gasteiger partial charge in [-0.2, -0.15) is 13.2 Å². The highest BCUT2D eigenvalue weighted by atomic mass is 19.4. The first-order valence-corrected chi connectivity index (χ1v) is 9.40. The average molecular weight is 424 g/mol. The monoisotopic (exact) mass is 424 g/mol. The number of urea groups is 1. The molecule has 1 aliphatic rings. The Morgan fingerprint density at radius 3 is 2.63 bits per heavy atom. The van der Waals surface area contributed by atoms with E-state index in [-0.39, 0.29) is 23.6 Å². The molecule has 2 aromatic carbocycles. The summed E-state index contributed by atoms with van der Waals surface area (Å²) in [4.78, 5) is 14.6. The van der Waals surface area contributed by atoms with E-state index in [4.69, 9.17) is 14.2 Å². The van der Waals surface area contributed by atoms with Gasteiger partial charge in [0.2, 0.25) is 0 Å². The lowest BCUT2D eigenvalue weighted by molar-refractivity contribution is -0.153. The Balaban J connectivity index is 1.74. The molecular formula is C21H23F3N2O4. The molecule has 0 spiro atoms. The molecule has 0 radical (unpaired) electrons. The molecule has 0 aliphatic carbocycles. The number of nitrogens with one attached hydrogen (secondary N) is 1. The van der Waals surface area contributed by atoms with Crippen LogP contribution < -0.4 is 19.5 Å². The zero-order valence-corrected chi connectivity index (χ0v) is 16.7. The van der Waals surface area contributed by atoms with E-state index in [9.17, 15) is 18.0 Å². The van der Waals surface area contributed by atoms with Crippen molar-refractivity contribution >= 4 is 11.7 Å². The second kappa shape index (κ2) is 9.15. The number of benzene rings is 2. The zero-order chi connectivity index (χ0) is 21.7. The summed E-state index contributed by atoms with van der Waals surface area (Å²) in [5.41, 5.74) is 1.28. The first-order chi connectivity index (χ1) is 14.3. The molecule has 1 aliphatic heterocycles. The van der Waals surface area contributed by atoms with Gasteiger partial charge in [-0.05, 0) is 42.7 Å². The normalized spacial score (nSPS) is 16.3. The fraction of sp³-hybridized carbons (Fsp3) is 0.381. The first-order valence-electron chi connectivity index (χ1n) is 9.40. The van der Waals surface area contributed by atoms with Crippen LogP contribution in [-0.2, 0) is 0 Å². The highest BCUT2D eigenvalue weighted by molar-refractivity contribution is 5.90. The Labute approximate surface area is 172 Å². The minimum absolute atomic E-state index is 0.0987. The third-order valence-electron chi connectivity index (χ3n) is 4.80. The van der Waals surface area contributed by atoms with Crippen LogP contribution >= 0.6 is 0 Å². The smallest absolute Gasteiger partial charge is 0.422 e. The minimum Gasteiger partial charge on any atom is -0.497 e. The molecule has 30 heavy (non-hydrogen) atoms. The van der Waals surface area contributed by atoms with Crippen molar-refractivity contribution < 1.29 is 32.2 Å². The zero-order valence-electron chi connectivity index (χ0n) is 16.7. The van der Waals surface area contributed by atoms with E-state index in [1.165, 1.54) is 19.2 Å². The predicted molar refractivity (Wildman–Crippen MR) is 105 cm³/mol. The van der Waals surface area contributed by atoms with Gasteiger partial charge in [0, 0.05) is 18.3 Å². The van der Waals surface area contributed by atoms with Crippen LogP contribution in [0.15, 0.2) is 42.5 Å².